The van der Waals surface area contributed by atoms with Gasteiger partial charge < -0.3 is 10.4 Å². The van der Waals surface area contributed by atoms with Crippen molar-refractivity contribution in [3.05, 3.63) is 25.6 Å². The minimum Gasteiger partial charge on any atom is -0.481 e. The summed E-state index contributed by atoms with van der Waals surface area (Å²) in [6.45, 7) is 0. The predicted octanol–water partition coefficient (Wildman–Crippen LogP) is 4.41. The Bertz CT molecular complexity index is 539. The van der Waals surface area contributed by atoms with E-state index in [0.717, 1.165) is 19.8 Å². The molecule has 0 aliphatic heterocycles. The van der Waals surface area contributed by atoms with Crippen LogP contribution in [-0.2, 0) is 9.59 Å². The second kappa shape index (κ2) is 6.58. The zero-order chi connectivity index (χ0) is 14.9. The number of hydrogen-bond donors (Lipinski definition) is 2. The third-order valence-corrected chi connectivity index (χ3v) is 5.13. The van der Waals surface area contributed by atoms with Crippen molar-refractivity contribution in [2.24, 2.45) is 11.8 Å². The zero-order valence-electron chi connectivity index (χ0n) is 10.3. The van der Waals surface area contributed by atoms with Crippen molar-refractivity contribution >= 4 is 65.4 Å². The van der Waals surface area contributed by atoms with Gasteiger partial charge in [0.15, 0.2) is 0 Å². The molecule has 1 saturated carbocycles. The van der Waals surface area contributed by atoms with Crippen LogP contribution in [0.5, 0.6) is 0 Å². The van der Waals surface area contributed by atoms with Gasteiger partial charge in [0.25, 0.3) is 0 Å². The van der Waals surface area contributed by atoms with Gasteiger partial charge in [-0.15, -0.1) is 0 Å². The third-order valence-electron chi connectivity index (χ3n) is 3.43. The van der Waals surface area contributed by atoms with Crippen molar-refractivity contribution in [1.82, 2.24) is 0 Å². The first-order valence-electron chi connectivity index (χ1n) is 6.08. The normalized spacial score (nSPS) is 21.8. The van der Waals surface area contributed by atoms with Crippen molar-refractivity contribution in [2.45, 2.75) is 19.3 Å². The van der Waals surface area contributed by atoms with Gasteiger partial charge in [-0.25, -0.2) is 0 Å². The molecule has 0 bridgehead atoms. The van der Waals surface area contributed by atoms with E-state index in [-0.39, 0.29) is 5.91 Å². The highest BCUT2D eigenvalue weighted by atomic mass is 79.9. The van der Waals surface area contributed by atoms with E-state index < -0.39 is 17.8 Å². The van der Waals surface area contributed by atoms with Gasteiger partial charge in [-0.2, -0.15) is 0 Å². The number of aliphatic carboxylic acids is 1. The van der Waals surface area contributed by atoms with Gasteiger partial charge in [-0.1, -0.05) is 22.4 Å². The van der Waals surface area contributed by atoms with Crippen LogP contribution in [0.25, 0.3) is 0 Å². The molecular weight excluding hydrogens is 458 g/mol. The van der Waals surface area contributed by atoms with E-state index >= 15 is 0 Å². The Labute approximate surface area is 141 Å². The summed E-state index contributed by atoms with van der Waals surface area (Å²) in [4.78, 5) is 23.4. The lowest BCUT2D eigenvalue weighted by Crippen LogP contribution is -2.30. The fourth-order valence-corrected chi connectivity index (χ4v) is 4.90. The van der Waals surface area contributed by atoms with E-state index in [1.54, 1.807) is 0 Å². The number of amides is 1. The zero-order valence-corrected chi connectivity index (χ0v) is 15.1. The number of carbonyl (C=O) groups excluding carboxylic acids is 1. The molecule has 0 aromatic heterocycles. The topological polar surface area (TPSA) is 66.4 Å². The lowest BCUT2D eigenvalue weighted by molar-refractivity contribution is -0.145. The maximum absolute atomic E-state index is 12.3. The average Bonchev–Trinajstić information content (AvgIpc) is 2.82. The van der Waals surface area contributed by atoms with E-state index in [0.29, 0.717) is 18.5 Å². The van der Waals surface area contributed by atoms with E-state index in [1.165, 1.54) is 0 Å². The van der Waals surface area contributed by atoms with Crippen LogP contribution >= 0.6 is 47.8 Å². The number of carboxylic acids is 1. The molecule has 0 heterocycles. The van der Waals surface area contributed by atoms with Crippen LogP contribution in [0, 0.1) is 11.8 Å². The van der Waals surface area contributed by atoms with Gasteiger partial charge in [0, 0.05) is 13.4 Å². The van der Waals surface area contributed by atoms with Crippen LogP contribution in [0.2, 0.25) is 0 Å². The van der Waals surface area contributed by atoms with Gasteiger partial charge >= 0.3 is 5.97 Å². The van der Waals surface area contributed by atoms with Crippen molar-refractivity contribution in [2.75, 3.05) is 5.32 Å². The first-order valence-corrected chi connectivity index (χ1v) is 8.46. The summed E-state index contributed by atoms with van der Waals surface area (Å²) in [6, 6.07) is 3.65. The molecule has 20 heavy (non-hydrogen) atoms. The van der Waals surface area contributed by atoms with E-state index in [1.807, 2.05) is 12.1 Å². The van der Waals surface area contributed by atoms with Crippen molar-refractivity contribution in [3.8, 4) is 0 Å². The number of carbonyl (C=O) groups is 2. The van der Waals surface area contributed by atoms with Crippen molar-refractivity contribution in [3.63, 3.8) is 0 Å². The molecule has 108 valence electrons. The van der Waals surface area contributed by atoms with Gasteiger partial charge in [0.2, 0.25) is 5.91 Å². The number of rotatable bonds is 3. The number of anilines is 1. The first kappa shape index (κ1) is 16.0. The number of carboxylic acid groups (broad SMARTS) is 1. The highest BCUT2D eigenvalue weighted by molar-refractivity contribution is 9.11. The fraction of sp³-hybridized carbons (Fsp3) is 0.385. The summed E-state index contributed by atoms with van der Waals surface area (Å²) in [6.07, 6.45) is 1.96. The smallest absolute Gasteiger partial charge is 0.307 e. The molecule has 2 rings (SSSR count). The fourth-order valence-electron chi connectivity index (χ4n) is 2.45. The molecular formula is C13H12Br3NO3. The summed E-state index contributed by atoms with van der Waals surface area (Å²) in [5.41, 5.74) is 0.620. The molecule has 1 aliphatic carbocycles. The van der Waals surface area contributed by atoms with Crippen molar-refractivity contribution < 1.29 is 14.7 Å². The Hall–Kier alpha value is -0.400. The van der Waals surface area contributed by atoms with E-state index in [2.05, 4.69) is 53.1 Å². The number of halogens is 3. The molecule has 7 heteroatoms. The van der Waals surface area contributed by atoms with Crippen molar-refractivity contribution in [1.29, 1.82) is 0 Å². The number of benzene rings is 1. The standard InChI is InChI=1S/C13H12Br3NO3/c14-6-4-9(15)11(10(16)5-6)17-12(18)7-2-1-3-8(7)13(19)20/h4-5,7-8H,1-3H2,(H,17,18)(H,19,20). The minimum absolute atomic E-state index is 0.237. The highest BCUT2D eigenvalue weighted by Crippen LogP contribution is 2.37. The molecule has 0 saturated heterocycles. The molecule has 0 radical (unpaired) electrons. The van der Waals surface area contributed by atoms with Crippen LogP contribution in [0.3, 0.4) is 0 Å². The molecule has 2 atom stereocenters. The Morgan fingerprint density at radius 1 is 1.10 bits per heavy atom. The molecule has 2 unspecified atom stereocenters. The molecule has 2 N–H and O–H groups in total. The van der Waals surface area contributed by atoms with E-state index in [4.69, 9.17) is 5.11 Å². The average molecular weight is 470 g/mol. The highest BCUT2D eigenvalue weighted by Gasteiger charge is 2.38. The third kappa shape index (κ3) is 3.43. The largest absolute Gasteiger partial charge is 0.481 e. The summed E-state index contributed by atoms with van der Waals surface area (Å²) in [5, 5.41) is 12.0. The molecule has 1 amide bonds. The summed E-state index contributed by atoms with van der Waals surface area (Å²) < 4.78 is 2.34. The molecule has 1 aromatic rings. The monoisotopic (exact) mass is 467 g/mol. The van der Waals surface area contributed by atoms with Gasteiger partial charge in [0.1, 0.15) is 0 Å². The lowest BCUT2D eigenvalue weighted by atomic mass is 9.95. The summed E-state index contributed by atoms with van der Waals surface area (Å²) in [5.74, 6) is -2.17. The molecule has 1 aliphatic rings. The summed E-state index contributed by atoms with van der Waals surface area (Å²) in [7, 11) is 0. The molecule has 1 aromatic carbocycles. The maximum atomic E-state index is 12.3. The first-order chi connectivity index (χ1) is 9.40. The van der Waals surface area contributed by atoms with Gasteiger partial charge in [0.05, 0.1) is 17.5 Å². The molecule has 4 nitrogen and oxygen atoms in total. The predicted molar refractivity (Wildman–Crippen MR) is 86.6 cm³/mol. The molecule has 0 spiro atoms. The SMILES string of the molecule is O=C(O)C1CCCC1C(=O)Nc1c(Br)cc(Br)cc1Br. The van der Waals surface area contributed by atoms with Crippen LogP contribution in [0.1, 0.15) is 19.3 Å². The lowest BCUT2D eigenvalue weighted by Gasteiger charge is -2.17. The van der Waals surface area contributed by atoms with Crippen LogP contribution < -0.4 is 5.32 Å². The van der Waals surface area contributed by atoms with Gasteiger partial charge in [-0.3, -0.25) is 9.59 Å². The van der Waals surface area contributed by atoms with E-state index in [9.17, 15) is 9.59 Å². The number of nitrogens with one attached hydrogen (secondary N) is 1. The van der Waals surface area contributed by atoms with Crippen LogP contribution in [0.15, 0.2) is 25.6 Å². The van der Waals surface area contributed by atoms with Crippen LogP contribution in [-0.4, -0.2) is 17.0 Å². The van der Waals surface area contributed by atoms with Gasteiger partial charge in [-0.05, 0) is 56.8 Å². The Balaban J connectivity index is 2.18. The van der Waals surface area contributed by atoms with Crippen LogP contribution in [0.4, 0.5) is 5.69 Å². The Kier molecular flexibility index (Phi) is 5.25. The molecule has 1 fully saturated rings. The Morgan fingerprint density at radius 2 is 1.65 bits per heavy atom. The summed E-state index contributed by atoms with van der Waals surface area (Å²) >= 11 is 10.1. The second-order valence-corrected chi connectivity index (χ2v) is 7.34. The quantitative estimate of drug-likeness (QED) is 0.689. The number of hydrogen-bond acceptors (Lipinski definition) is 2. The maximum Gasteiger partial charge on any atom is 0.307 e. The second-order valence-electron chi connectivity index (χ2n) is 4.72. The minimum atomic E-state index is -0.892. The Morgan fingerprint density at radius 3 is 2.20 bits per heavy atom.